The molecule has 0 aromatic carbocycles. The second-order valence-electron chi connectivity index (χ2n) is 3.95. The van der Waals surface area contributed by atoms with Crippen LogP contribution in [0.15, 0.2) is 0 Å². The van der Waals surface area contributed by atoms with E-state index in [-0.39, 0.29) is 0 Å². The summed E-state index contributed by atoms with van der Waals surface area (Å²) in [7, 11) is 1.69. The molecule has 1 aliphatic heterocycles. The van der Waals surface area contributed by atoms with Crippen molar-refractivity contribution < 1.29 is 23.7 Å². The van der Waals surface area contributed by atoms with E-state index in [1.165, 1.54) is 0 Å². The van der Waals surface area contributed by atoms with Crippen LogP contribution in [0.5, 0.6) is 0 Å². The molecule has 0 aromatic heterocycles. The van der Waals surface area contributed by atoms with Crippen molar-refractivity contribution in [3.05, 3.63) is 0 Å². The number of methoxy groups -OCH3 is 1. The summed E-state index contributed by atoms with van der Waals surface area (Å²) in [5.41, 5.74) is 0. The van der Waals surface area contributed by atoms with Gasteiger partial charge in [-0.2, -0.15) is 0 Å². The number of ether oxygens (including phenoxy) is 5. The van der Waals surface area contributed by atoms with Gasteiger partial charge >= 0.3 is 0 Å². The molecule has 5 heteroatoms. The second kappa shape index (κ2) is 10.9. The average Bonchev–Trinajstić information content (AvgIpc) is 3.15. The minimum Gasteiger partial charge on any atom is -0.385 e. The first-order chi connectivity index (χ1) is 8.43. The molecule has 1 atom stereocenters. The Morgan fingerprint density at radius 3 is 2.06 bits per heavy atom. The van der Waals surface area contributed by atoms with Gasteiger partial charge in [-0.1, -0.05) is 0 Å². The van der Waals surface area contributed by atoms with Crippen LogP contribution < -0.4 is 0 Å². The van der Waals surface area contributed by atoms with E-state index in [4.69, 9.17) is 23.7 Å². The molecule has 0 aromatic rings. The fourth-order valence-electron chi connectivity index (χ4n) is 1.27. The van der Waals surface area contributed by atoms with Gasteiger partial charge in [0.25, 0.3) is 0 Å². The van der Waals surface area contributed by atoms with Gasteiger partial charge in [-0.05, 0) is 12.8 Å². The minimum atomic E-state index is 0.358. The van der Waals surface area contributed by atoms with Crippen molar-refractivity contribution in [3.63, 3.8) is 0 Å². The van der Waals surface area contributed by atoms with Crippen molar-refractivity contribution >= 4 is 0 Å². The first-order valence-corrected chi connectivity index (χ1v) is 6.27. The maximum Gasteiger partial charge on any atom is 0.104 e. The van der Waals surface area contributed by atoms with Crippen LogP contribution in [0.25, 0.3) is 0 Å². The molecule has 0 aliphatic carbocycles. The zero-order valence-corrected chi connectivity index (χ0v) is 10.7. The number of hydrogen-bond donors (Lipinski definition) is 0. The first-order valence-electron chi connectivity index (χ1n) is 6.27. The van der Waals surface area contributed by atoms with Crippen molar-refractivity contribution in [2.75, 3.05) is 60.0 Å². The highest BCUT2D eigenvalue weighted by Gasteiger charge is 2.21. The Morgan fingerprint density at radius 2 is 1.47 bits per heavy atom. The lowest BCUT2D eigenvalue weighted by molar-refractivity contribution is 0.0289. The number of epoxide rings is 1. The molecule has 1 aliphatic rings. The van der Waals surface area contributed by atoms with E-state index >= 15 is 0 Å². The zero-order valence-electron chi connectivity index (χ0n) is 10.7. The normalized spacial score (nSPS) is 18.5. The van der Waals surface area contributed by atoms with E-state index in [0.717, 1.165) is 52.5 Å². The average molecular weight is 248 g/mol. The van der Waals surface area contributed by atoms with Gasteiger partial charge in [-0.25, -0.2) is 0 Å². The van der Waals surface area contributed by atoms with E-state index in [2.05, 4.69) is 0 Å². The fraction of sp³-hybridized carbons (Fsp3) is 1.00. The summed E-state index contributed by atoms with van der Waals surface area (Å²) in [6.07, 6.45) is 2.22. The Balaban J connectivity index is 1.61. The maximum atomic E-state index is 5.40. The third-order valence-electron chi connectivity index (χ3n) is 2.29. The van der Waals surface area contributed by atoms with E-state index in [0.29, 0.717) is 19.3 Å². The maximum absolute atomic E-state index is 5.40. The molecular formula is C12H24O5. The van der Waals surface area contributed by atoms with Crippen LogP contribution in [0.2, 0.25) is 0 Å². The molecule has 0 amide bonds. The van der Waals surface area contributed by atoms with Crippen molar-refractivity contribution in [2.45, 2.75) is 18.9 Å². The molecule has 0 saturated carbocycles. The molecule has 102 valence electrons. The van der Waals surface area contributed by atoms with Crippen molar-refractivity contribution in [1.29, 1.82) is 0 Å². The van der Waals surface area contributed by atoms with Gasteiger partial charge in [0, 0.05) is 33.5 Å². The Labute approximate surface area is 103 Å². The van der Waals surface area contributed by atoms with Gasteiger partial charge in [-0.15, -0.1) is 0 Å². The Kier molecular flexibility index (Phi) is 9.55. The lowest BCUT2D eigenvalue weighted by Crippen LogP contribution is -2.09. The molecule has 1 fully saturated rings. The van der Waals surface area contributed by atoms with E-state index in [1.54, 1.807) is 7.11 Å². The topological polar surface area (TPSA) is 49.5 Å². The predicted molar refractivity (Wildman–Crippen MR) is 63.3 cm³/mol. The number of hydrogen-bond acceptors (Lipinski definition) is 5. The molecule has 1 rings (SSSR count). The van der Waals surface area contributed by atoms with E-state index in [9.17, 15) is 0 Å². The van der Waals surface area contributed by atoms with Crippen molar-refractivity contribution in [2.24, 2.45) is 0 Å². The summed E-state index contributed by atoms with van der Waals surface area (Å²) in [6, 6.07) is 0. The third kappa shape index (κ3) is 10.7. The molecule has 1 unspecified atom stereocenters. The first kappa shape index (κ1) is 14.9. The summed E-state index contributed by atoms with van der Waals surface area (Å²) < 4.78 is 26.1. The Bertz CT molecular complexity index is 161. The highest BCUT2D eigenvalue weighted by atomic mass is 16.6. The van der Waals surface area contributed by atoms with Crippen LogP contribution in [-0.4, -0.2) is 66.1 Å². The minimum absolute atomic E-state index is 0.358. The van der Waals surface area contributed by atoms with Crippen molar-refractivity contribution in [3.8, 4) is 0 Å². The van der Waals surface area contributed by atoms with E-state index < -0.39 is 0 Å². The zero-order chi connectivity index (χ0) is 12.2. The standard InChI is InChI=1S/C12H24O5/c1-13-4-2-5-14-8-9-15-6-3-7-16-10-12-11-17-12/h12H,2-11H2,1H3. The van der Waals surface area contributed by atoms with Crippen LogP contribution >= 0.6 is 0 Å². The lowest BCUT2D eigenvalue weighted by Gasteiger charge is -2.06. The molecule has 1 heterocycles. The summed E-state index contributed by atoms with van der Waals surface area (Å²) in [4.78, 5) is 0. The largest absolute Gasteiger partial charge is 0.385 e. The van der Waals surface area contributed by atoms with Crippen molar-refractivity contribution in [1.82, 2.24) is 0 Å². The van der Waals surface area contributed by atoms with Gasteiger partial charge in [0.1, 0.15) is 6.10 Å². The van der Waals surface area contributed by atoms with Crippen LogP contribution in [0.1, 0.15) is 12.8 Å². The molecular weight excluding hydrogens is 224 g/mol. The van der Waals surface area contributed by atoms with Gasteiger partial charge in [0.15, 0.2) is 0 Å². The molecule has 0 bridgehead atoms. The number of rotatable bonds is 13. The van der Waals surface area contributed by atoms with Gasteiger partial charge in [0.05, 0.1) is 26.4 Å². The van der Waals surface area contributed by atoms with Gasteiger partial charge in [0.2, 0.25) is 0 Å². The summed E-state index contributed by atoms with van der Waals surface area (Å²) in [5, 5.41) is 0. The molecule has 5 nitrogen and oxygen atoms in total. The van der Waals surface area contributed by atoms with Crippen LogP contribution in [-0.2, 0) is 23.7 Å². The molecule has 0 radical (unpaired) electrons. The van der Waals surface area contributed by atoms with Crippen LogP contribution in [0, 0.1) is 0 Å². The quantitative estimate of drug-likeness (QED) is 0.357. The van der Waals surface area contributed by atoms with Crippen LogP contribution in [0.4, 0.5) is 0 Å². The Morgan fingerprint density at radius 1 is 0.882 bits per heavy atom. The second-order valence-corrected chi connectivity index (χ2v) is 3.95. The molecule has 1 saturated heterocycles. The smallest absolute Gasteiger partial charge is 0.104 e. The van der Waals surface area contributed by atoms with Gasteiger partial charge < -0.3 is 23.7 Å². The predicted octanol–water partition coefficient (Wildman–Crippen LogP) is 0.862. The van der Waals surface area contributed by atoms with Crippen LogP contribution in [0.3, 0.4) is 0 Å². The third-order valence-corrected chi connectivity index (χ3v) is 2.29. The summed E-state index contributed by atoms with van der Waals surface area (Å²) in [6.45, 7) is 5.85. The summed E-state index contributed by atoms with van der Waals surface area (Å²) >= 11 is 0. The van der Waals surface area contributed by atoms with Gasteiger partial charge in [-0.3, -0.25) is 0 Å². The lowest BCUT2D eigenvalue weighted by atomic mass is 10.5. The molecule has 0 spiro atoms. The monoisotopic (exact) mass is 248 g/mol. The molecule has 0 N–H and O–H groups in total. The highest BCUT2D eigenvalue weighted by molar-refractivity contribution is 4.66. The fourth-order valence-corrected chi connectivity index (χ4v) is 1.27. The SMILES string of the molecule is COCCCOCCOCCCOCC1CO1. The summed E-state index contributed by atoms with van der Waals surface area (Å²) in [5.74, 6) is 0. The van der Waals surface area contributed by atoms with E-state index in [1.807, 2.05) is 0 Å². The Hall–Kier alpha value is -0.200. The molecule has 17 heavy (non-hydrogen) atoms. The highest BCUT2D eigenvalue weighted by Crippen LogP contribution is 2.08.